The van der Waals surface area contributed by atoms with E-state index >= 15 is 0 Å². The Balaban J connectivity index is 1.23. The number of nitrogens with zero attached hydrogens (tertiary/aromatic N) is 6. The Hall–Kier alpha value is -3.59. The minimum atomic E-state index is -4.54. The topological polar surface area (TPSA) is 113 Å². The van der Waals surface area contributed by atoms with Crippen molar-refractivity contribution in [1.29, 1.82) is 0 Å². The molecule has 1 aromatic carbocycles. The van der Waals surface area contributed by atoms with E-state index < -0.39 is 17.3 Å². The molecule has 10 nitrogen and oxygen atoms in total. The number of hydrogen-bond donors (Lipinski definition) is 2. The van der Waals surface area contributed by atoms with Gasteiger partial charge in [-0.15, -0.1) is 11.3 Å². The van der Waals surface area contributed by atoms with Crippen LogP contribution in [0.1, 0.15) is 68.9 Å². The summed E-state index contributed by atoms with van der Waals surface area (Å²) >= 11 is 1.39. The maximum Gasteiger partial charge on any atom is 0.416 e. The smallest absolute Gasteiger partial charge is 0.416 e. The molecular formula is C36H40F3N7O3S. The zero-order valence-corrected chi connectivity index (χ0v) is 29.0. The van der Waals surface area contributed by atoms with Gasteiger partial charge in [0, 0.05) is 40.5 Å². The molecule has 2 saturated carbocycles. The number of pyridine rings is 1. The summed E-state index contributed by atoms with van der Waals surface area (Å²) in [5, 5.41) is 20.3. The van der Waals surface area contributed by atoms with Gasteiger partial charge in [-0.25, -0.2) is 0 Å². The molecule has 50 heavy (non-hydrogen) atoms. The van der Waals surface area contributed by atoms with E-state index in [0.717, 1.165) is 47.7 Å². The highest BCUT2D eigenvalue weighted by atomic mass is 32.1. The predicted octanol–water partition coefficient (Wildman–Crippen LogP) is 6.91. The van der Waals surface area contributed by atoms with Crippen LogP contribution >= 0.6 is 11.3 Å². The highest BCUT2D eigenvalue weighted by Gasteiger charge is 2.48. The second kappa shape index (κ2) is 11.7. The highest BCUT2D eigenvalue weighted by molar-refractivity contribution is 7.26. The molecule has 2 aliphatic carbocycles. The number of thiophene rings is 1. The summed E-state index contributed by atoms with van der Waals surface area (Å²) in [6.45, 7) is 4.71. The van der Waals surface area contributed by atoms with Gasteiger partial charge in [0.2, 0.25) is 0 Å². The van der Waals surface area contributed by atoms with Gasteiger partial charge in [-0.3, -0.25) is 10.1 Å². The first kappa shape index (κ1) is 32.3. The number of hydrogen-bond acceptors (Lipinski definition) is 10. The first-order valence-corrected chi connectivity index (χ1v) is 18.4. The molecule has 2 aliphatic heterocycles. The van der Waals surface area contributed by atoms with Gasteiger partial charge >= 0.3 is 12.2 Å². The van der Waals surface area contributed by atoms with Crippen LogP contribution in [0.25, 0.3) is 42.5 Å². The summed E-state index contributed by atoms with van der Waals surface area (Å²) in [5.41, 5.74) is -0.190. The van der Waals surface area contributed by atoms with E-state index in [0.29, 0.717) is 71.5 Å². The summed E-state index contributed by atoms with van der Waals surface area (Å²) in [6.07, 6.45) is 5.74. The van der Waals surface area contributed by atoms with Gasteiger partial charge in [-0.2, -0.15) is 28.2 Å². The number of ether oxygens (including phenoxy) is 2. The molecule has 6 heterocycles. The number of alkyl halides is 3. The van der Waals surface area contributed by atoms with Gasteiger partial charge < -0.3 is 24.4 Å². The van der Waals surface area contributed by atoms with E-state index in [1.165, 1.54) is 23.8 Å². The number of aromatic nitrogens is 5. The van der Waals surface area contributed by atoms with Crippen LogP contribution in [-0.4, -0.2) is 93.3 Å². The van der Waals surface area contributed by atoms with Gasteiger partial charge in [0.05, 0.1) is 59.4 Å². The van der Waals surface area contributed by atoms with Crippen molar-refractivity contribution in [2.45, 2.75) is 75.6 Å². The SMILES string of the molecule is CN1CCC[C@@]2(COc3nc(N4CCOC[C@@](C)(O)C4)c4c(n3)sc3c(-c5c(C6CC6)c(C(F)(F)F)cc6[nH]ncc56)nccc34)CCC[C@@H]12. The number of benzene rings is 1. The van der Waals surface area contributed by atoms with Crippen molar-refractivity contribution >= 4 is 48.4 Å². The molecule has 5 aromatic rings. The fourth-order valence-electron chi connectivity index (χ4n) is 9.00. The number of anilines is 1. The van der Waals surface area contributed by atoms with Crippen molar-refractivity contribution in [3.8, 4) is 17.3 Å². The molecule has 0 radical (unpaired) electrons. The maximum absolute atomic E-state index is 14.6. The standard InChI is InChI=1S/C36H40F3N7O3S/c1-34(47)17-46(13-14-48-18-34)31-28-21-8-11-40-29(27-22-16-41-44-24(22)15-23(36(37,38)39)26(27)20-6-7-20)30(21)50-32(28)43-33(42-31)49-19-35-9-3-5-25(35)45(2)12-4-10-35/h8,11,15-16,20,25,47H,3-7,9-10,12-14,17-19H2,1-2H3,(H,41,44)/t25-,34+,35-/m1/s1. The lowest BCUT2D eigenvalue weighted by atomic mass is 9.76. The van der Waals surface area contributed by atoms with Crippen LogP contribution in [0.4, 0.5) is 19.0 Å². The van der Waals surface area contributed by atoms with E-state index in [-0.39, 0.29) is 36.1 Å². The van der Waals surface area contributed by atoms with E-state index in [9.17, 15) is 18.3 Å². The second-order valence-corrected chi connectivity index (χ2v) is 16.1. The number of aliphatic hydroxyl groups is 1. The molecule has 4 aromatic heterocycles. The zero-order valence-electron chi connectivity index (χ0n) is 28.1. The average molecular weight is 708 g/mol. The fraction of sp³-hybridized carbons (Fsp3) is 0.556. The predicted molar refractivity (Wildman–Crippen MR) is 186 cm³/mol. The Bertz CT molecular complexity index is 2110. The van der Waals surface area contributed by atoms with Crippen molar-refractivity contribution in [3.63, 3.8) is 0 Å². The molecule has 4 aliphatic rings. The largest absolute Gasteiger partial charge is 0.463 e. The Labute approximate surface area is 291 Å². The van der Waals surface area contributed by atoms with Crippen molar-refractivity contribution in [3.05, 3.63) is 35.7 Å². The first-order chi connectivity index (χ1) is 24.0. The third-order valence-corrected chi connectivity index (χ3v) is 12.4. The van der Waals surface area contributed by atoms with Gasteiger partial charge in [-0.05, 0) is 82.7 Å². The second-order valence-electron chi connectivity index (χ2n) is 15.1. The van der Waals surface area contributed by atoms with Gasteiger partial charge in [0.25, 0.3) is 0 Å². The molecule has 0 amide bonds. The number of β-amino-alcohol motifs (C(OH)–C–C–N with tert-alkyl or cyclic N) is 1. The number of rotatable bonds is 6. The van der Waals surface area contributed by atoms with Gasteiger partial charge in [0.15, 0.2) is 0 Å². The zero-order chi connectivity index (χ0) is 34.4. The Kier molecular flexibility index (Phi) is 7.58. The summed E-state index contributed by atoms with van der Waals surface area (Å²) < 4.78 is 57.0. The van der Waals surface area contributed by atoms with Crippen LogP contribution in [-0.2, 0) is 10.9 Å². The lowest BCUT2D eigenvalue weighted by Gasteiger charge is -2.44. The molecule has 2 N–H and O–H groups in total. The average Bonchev–Trinajstić information content (AvgIpc) is 3.51. The lowest BCUT2D eigenvalue weighted by molar-refractivity contribution is -0.138. The number of piperidine rings is 1. The maximum atomic E-state index is 14.6. The number of H-pyrrole nitrogens is 1. The van der Waals surface area contributed by atoms with E-state index in [4.69, 9.17) is 24.4 Å². The van der Waals surface area contributed by atoms with Crippen LogP contribution in [0, 0.1) is 5.41 Å². The monoisotopic (exact) mass is 707 g/mol. The quantitative estimate of drug-likeness (QED) is 0.195. The molecular weight excluding hydrogens is 668 g/mol. The number of likely N-dealkylation sites (tertiary alicyclic amines) is 1. The molecule has 0 unspecified atom stereocenters. The molecule has 0 spiro atoms. The third kappa shape index (κ3) is 5.41. The fourth-order valence-corrected chi connectivity index (χ4v) is 10.1. The van der Waals surface area contributed by atoms with Crippen LogP contribution in [0.2, 0.25) is 0 Å². The minimum Gasteiger partial charge on any atom is -0.463 e. The van der Waals surface area contributed by atoms with Gasteiger partial charge in [0.1, 0.15) is 16.2 Å². The summed E-state index contributed by atoms with van der Waals surface area (Å²) in [6, 6.07) is 3.79. The van der Waals surface area contributed by atoms with E-state index in [1.807, 2.05) is 11.0 Å². The number of aromatic amines is 1. The Morgan fingerprint density at radius 1 is 1.14 bits per heavy atom. The molecule has 2 saturated heterocycles. The van der Waals surface area contributed by atoms with Crippen molar-refractivity contribution in [1.82, 2.24) is 30.0 Å². The number of fused-ring (bicyclic) bond motifs is 5. The molecule has 3 atom stereocenters. The summed E-state index contributed by atoms with van der Waals surface area (Å²) in [5.74, 6) is 0.403. The van der Waals surface area contributed by atoms with Crippen LogP contribution in [0.5, 0.6) is 6.01 Å². The lowest BCUT2D eigenvalue weighted by Crippen LogP contribution is -2.50. The normalized spacial score (nSPS) is 26.6. The summed E-state index contributed by atoms with van der Waals surface area (Å²) in [7, 11) is 2.21. The third-order valence-electron chi connectivity index (χ3n) is 11.3. The number of nitrogens with one attached hydrogen (secondary N) is 1. The Morgan fingerprint density at radius 2 is 1.98 bits per heavy atom. The molecule has 14 heteroatoms. The first-order valence-electron chi connectivity index (χ1n) is 17.6. The van der Waals surface area contributed by atoms with E-state index in [1.54, 1.807) is 19.3 Å². The molecule has 0 bridgehead atoms. The summed E-state index contributed by atoms with van der Waals surface area (Å²) in [4.78, 5) is 20.0. The van der Waals surface area contributed by atoms with Crippen molar-refractivity contribution in [2.24, 2.45) is 5.41 Å². The molecule has 4 fully saturated rings. The van der Waals surface area contributed by atoms with Crippen LogP contribution in [0.15, 0.2) is 24.5 Å². The molecule has 9 rings (SSSR count). The minimum absolute atomic E-state index is 0.0432. The van der Waals surface area contributed by atoms with Crippen molar-refractivity contribution < 1.29 is 27.8 Å². The van der Waals surface area contributed by atoms with Gasteiger partial charge in [-0.1, -0.05) is 6.42 Å². The van der Waals surface area contributed by atoms with Crippen molar-refractivity contribution in [2.75, 3.05) is 51.4 Å². The van der Waals surface area contributed by atoms with E-state index in [2.05, 4.69) is 22.1 Å². The van der Waals surface area contributed by atoms with Crippen LogP contribution < -0.4 is 9.64 Å². The highest BCUT2D eigenvalue weighted by Crippen LogP contribution is 2.54. The Morgan fingerprint density at radius 3 is 2.80 bits per heavy atom. The number of halogens is 3. The van der Waals surface area contributed by atoms with Crippen LogP contribution in [0.3, 0.4) is 0 Å². The molecule has 264 valence electrons.